The van der Waals surface area contributed by atoms with Crippen LogP contribution in [-0.2, 0) is 13.0 Å². The van der Waals surface area contributed by atoms with Crippen LogP contribution >= 0.6 is 0 Å². The minimum absolute atomic E-state index is 0.0405. The van der Waals surface area contributed by atoms with Gasteiger partial charge in [0.1, 0.15) is 34.5 Å². The van der Waals surface area contributed by atoms with E-state index in [9.17, 15) is 24.9 Å². The largest absolute Gasteiger partial charge is 0.508 e. The molecule has 0 aliphatic rings. The number of nitrogens with two attached hydrogens (primary N) is 3. The lowest BCUT2D eigenvalue weighted by Gasteiger charge is -2.05. The van der Waals surface area contributed by atoms with Crippen molar-refractivity contribution in [2.75, 3.05) is 12.3 Å². The summed E-state index contributed by atoms with van der Waals surface area (Å²) in [6.07, 6.45) is 8.79. The number of H-pyrrole nitrogens is 2. The SMILES string of the molecule is NCCc1ccccc1.NCc1ccccc1.Nc1ccccc1.O=c1cc[nH]cc1.O=c1cccc[nH]1.Oc1c2ccccc2cc2ccccc12.Oc1ccc2cc3ccccc3cc2c1.Oc1ccc2ccccc2c1.Oc1cccc2cc3ccccc3cc12.Oc1ccccc1.Oc1ccccc1O.Oc1cccnc1.c1ccc2cc3ccccc3cc2c1.c1ccc2ccccc2c1.c1ccccc1. The van der Waals surface area contributed by atoms with Gasteiger partial charge in [-0.05, 0) is 243 Å². The minimum atomic E-state index is -0.0764. The first-order valence-corrected chi connectivity index (χ1v) is 47.1. The van der Waals surface area contributed by atoms with E-state index in [1.807, 2.05) is 249 Å². The maximum absolute atomic E-state index is 10.2. The van der Waals surface area contributed by atoms with Crippen molar-refractivity contribution in [3.63, 3.8) is 0 Å². The van der Waals surface area contributed by atoms with Gasteiger partial charge < -0.3 is 68.0 Å². The van der Waals surface area contributed by atoms with Crippen molar-refractivity contribution < 1.29 is 40.9 Å². The average Bonchev–Trinajstić information content (AvgIpc) is 0.800. The number of aromatic amines is 2. The highest BCUT2D eigenvalue weighted by atomic mass is 16.3. The lowest BCUT2D eigenvalue weighted by atomic mass is 10.0. The molecule has 25 aromatic rings. The van der Waals surface area contributed by atoms with E-state index >= 15 is 0 Å². The molecule has 16 N–H and O–H groups in total. The van der Waals surface area contributed by atoms with Crippen LogP contribution < -0.4 is 28.2 Å². The number of hydrogen-bond donors (Lipinski definition) is 13. The Morgan fingerprint density at radius 3 is 0.877 bits per heavy atom. The number of aromatic hydroxyl groups is 8. The van der Waals surface area contributed by atoms with Gasteiger partial charge in [0.2, 0.25) is 5.56 Å². The first-order chi connectivity index (χ1) is 71.4. The summed E-state index contributed by atoms with van der Waals surface area (Å²) >= 11 is 0. The lowest BCUT2D eigenvalue weighted by Crippen LogP contribution is -2.01. The number of anilines is 1. The van der Waals surface area contributed by atoms with E-state index < -0.39 is 0 Å². The van der Waals surface area contributed by atoms with Crippen LogP contribution in [0.3, 0.4) is 0 Å². The van der Waals surface area contributed by atoms with Crippen LogP contribution in [0.25, 0.3) is 108 Å². The molecule has 3 aromatic heterocycles. The van der Waals surface area contributed by atoms with E-state index in [4.69, 9.17) is 42.7 Å². The molecule has 25 rings (SSSR count). The number of fused-ring (bicyclic) bond motifs is 10. The predicted octanol–water partition coefficient (Wildman–Crippen LogP) is 29.8. The fraction of sp³-hybridized carbons (Fsp3) is 0.0231. The Balaban J connectivity index is 0.000000150. The second-order valence-corrected chi connectivity index (χ2v) is 32.3. The van der Waals surface area contributed by atoms with Gasteiger partial charge >= 0.3 is 0 Å². The Morgan fingerprint density at radius 2 is 0.534 bits per heavy atom. The zero-order valence-electron chi connectivity index (χ0n) is 80.5. The van der Waals surface area contributed by atoms with Crippen LogP contribution in [0.5, 0.6) is 46.0 Å². The molecule has 0 aliphatic heterocycles. The van der Waals surface area contributed by atoms with E-state index in [0.29, 0.717) is 35.3 Å². The first-order valence-electron chi connectivity index (χ1n) is 47.1. The molecule has 0 saturated carbocycles. The molecule has 16 heteroatoms. The van der Waals surface area contributed by atoms with Crippen LogP contribution in [0.15, 0.2) is 580 Å². The van der Waals surface area contributed by atoms with Gasteiger partial charge in [0.05, 0.1) is 6.20 Å². The van der Waals surface area contributed by atoms with Gasteiger partial charge in [-0.15, -0.1) is 0 Å². The zero-order chi connectivity index (χ0) is 103. The summed E-state index contributed by atoms with van der Waals surface area (Å²) in [4.78, 5) is 29.3. The highest BCUT2D eigenvalue weighted by Crippen LogP contribution is 2.35. The van der Waals surface area contributed by atoms with Gasteiger partial charge in [-0.3, -0.25) is 14.6 Å². The van der Waals surface area contributed by atoms with Crippen molar-refractivity contribution in [3.05, 3.63) is 603 Å². The summed E-state index contributed by atoms with van der Waals surface area (Å²) < 4.78 is 0. The van der Waals surface area contributed by atoms with Crippen molar-refractivity contribution >= 4 is 113 Å². The van der Waals surface area contributed by atoms with Crippen LogP contribution in [0, 0.1) is 0 Å². The standard InChI is InChI=1S/3C14H10O.C14H10.C10H8O.C10H8.C8H11N.C7H9N.C6H7N.C6H6O2.C6H6O.C6H6.3C5H5NO/c15-14-12-7-3-1-5-10(12)9-11-6-2-4-8-13(11)14;15-14-7-3-6-12-8-10-4-1-2-5-11(10)9-13(12)14;15-14-6-5-12-7-10-3-1-2-4-11(10)8-13(12)9-14;1-2-6-12-10-14-8-4-3-7-13(14)9-11(12)5-1;11-10-6-5-8-3-1-2-4-9(8)7-10;1-2-6-10-8-4-3-7-9(10)5-1;9-7-6-8-4-2-1-3-5-8;8-6-7-4-2-1-3-5-7;7-6-4-2-1-3-5-6;7-5-3-1-2-4-6(5)8;7-6-4-2-1-3-5-6;1-2-4-6-5-3-1;7-5-1-3-6-4-2-5;7-5-2-1-3-6-4-5;7-5-3-1-2-4-6-5/h3*1-9,15H;1-10H;1-7,11H;1-8H;1-5H,6-7,9H2;1-5H,6,8H2;1-5H,7H2;1-4,7-8H;1-5,7H;1-6H;1-4H,(H,6,7);1-4,7H;1-4H,(H,6,7). The number of pyridine rings is 3. The van der Waals surface area contributed by atoms with Crippen LogP contribution in [0.1, 0.15) is 11.1 Å². The van der Waals surface area contributed by atoms with Crippen molar-refractivity contribution in [1.82, 2.24) is 15.0 Å². The molecule has 0 amide bonds. The average molecular weight is 1920 g/mol. The van der Waals surface area contributed by atoms with E-state index in [1.54, 1.807) is 116 Å². The third-order valence-corrected chi connectivity index (χ3v) is 21.6. The quantitative estimate of drug-likeness (QED) is 0.0445. The normalized spacial score (nSPS) is 9.82. The van der Waals surface area contributed by atoms with E-state index in [-0.39, 0.29) is 28.2 Å². The molecule has 0 aliphatic carbocycles. The van der Waals surface area contributed by atoms with Gasteiger partial charge in [-0.25, -0.2) is 0 Å². The summed E-state index contributed by atoms with van der Waals surface area (Å²) in [6.45, 7) is 1.38. The van der Waals surface area contributed by atoms with Crippen LogP contribution in [-0.4, -0.2) is 62.3 Å². The number of phenolic OH excluding ortho intramolecular Hbond substituents is 7. The topological polar surface area (TPSA) is 319 Å². The number of hydrogen-bond acceptors (Lipinski definition) is 14. The summed E-state index contributed by atoms with van der Waals surface area (Å²) in [5.74, 6) is 1.74. The first kappa shape index (κ1) is 107. The molecule has 146 heavy (non-hydrogen) atoms. The number of phenols is 7. The van der Waals surface area contributed by atoms with Crippen molar-refractivity contribution in [3.8, 4) is 46.0 Å². The maximum Gasteiger partial charge on any atom is 0.247 e. The Morgan fingerprint density at radius 1 is 0.226 bits per heavy atom. The molecule has 0 saturated heterocycles. The Hall–Kier alpha value is -19.4. The second-order valence-electron chi connectivity index (χ2n) is 32.3. The zero-order valence-corrected chi connectivity index (χ0v) is 80.5. The lowest BCUT2D eigenvalue weighted by molar-refractivity contribution is 0.404. The number of para-hydroxylation sites is 4. The number of benzene rings is 22. The maximum atomic E-state index is 10.2. The number of nitrogen functional groups attached to an aromatic ring is 1. The van der Waals surface area contributed by atoms with Crippen molar-refractivity contribution in [1.29, 1.82) is 0 Å². The summed E-state index contributed by atoms with van der Waals surface area (Å²) in [6, 6.07) is 173. The number of rotatable bonds is 3. The Labute approximate surface area is 849 Å². The predicted molar refractivity (Wildman–Crippen MR) is 609 cm³/mol. The van der Waals surface area contributed by atoms with E-state index in [0.717, 1.165) is 77.9 Å². The molecule has 0 bridgehead atoms. The van der Waals surface area contributed by atoms with Gasteiger partial charge in [-0.2, -0.15) is 0 Å². The van der Waals surface area contributed by atoms with Crippen molar-refractivity contribution in [2.45, 2.75) is 13.0 Å². The van der Waals surface area contributed by atoms with Crippen LogP contribution in [0.4, 0.5) is 5.69 Å². The summed E-state index contributed by atoms with van der Waals surface area (Å²) in [5.41, 5.74) is 19.4. The molecule has 726 valence electrons. The molecule has 0 radical (unpaired) electrons. The van der Waals surface area contributed by atoms with E-state index in [2.05, 4.69) is 185 Å². The molecule has 22 aromatic carbocycles. The van der Waals surface area contributed by atoms with Gasteiger partial charge in [0.25, 0.3) is 0 Å². The number of nitrogens with zero attached hydrogens (tertiary/aromatic N) is 1. The highest BCUT2D eigenvalue weighted by molar-refractivity contribution is 6.05. The number of nitrogens with one attached hydrogen (secondary N) is 2. The van der Waals surface area contributed by atoms with Crippen LogP contribution in [0.2, 0.25) is 0 Å². The summed E-state index contributed by atoms with van der Waals surface area (Å²) in [5, 5.41) is 96.0. The van der Waals surface area contributed by atoms with E-state index in [1.165, 1.54) is 96.1 Å². The monoisotopic (exact) mass is 1920 g/mol. The third-order valence-electron chi connectivity index (χ3n) is 21.6. The van der Waals surface area contributed by atoms with Crippen molar-refractivity contribution in [2.24, 2.45) is 11.5 Å². The minimum Gasteiger partial charge on any atom is -0.508 e. The fourth-order valence-electron chi connectivity index (χ4n) is 14.3. The summed E-state index contributed by atoms with van der Waals surface area (Å²) in [7, 11) is 0. The van der Waals surface area contributed by atoms with Gasteiger partial charge in [-0.1, -0.05) is 394 Å². The molecule has 0 fully saturated rings. The molecular formula is C130H116N6O10. The molecular weight excluding hydrogens is 1810 g/mol. The van der Waals surface area contributed by atoms with Gasteiger partial charge in [0.15, 0.2) is 16.9 Å². The third kappa shape index (κ3) is 37.4. The van der Waals surface area contributed by atoms with Gasteiger partial charge in [0, 0.05) is 71.4 Å². The number of aromatic nitrogens is 3. The fourth-order valence-corrected chi connectivity index (χ4v) is 14.3. The molecule has 3 heterocycles. The molecule has 0 unspecified atom stereocenters. The molecule has 0 spiro atoms. The highest BCUT2D eigenvalue weighted by Gasteiger charge is 2.07. The smallest absolute Gasteiger partial charge is 0.247 e. The Kier molecular flexibility index (Phi) is 44.3. The molecule has 16 nitrogen and oxygen atoms in total. The molecule has 0 atom stereocenters. The second kappa shape index (κ2) is 60.5. The Bertz CT molecular complexity index is 7770.